The second kappa shape index (κ2) is 37.9. The van der Waals surface area contributed by atoms with Gasteiger partial charge in [-0.2, -0.15) is 0 Å². The summed E-state index contributed by atoms with van der Waals surface area (Å²) in [6.45, 7) is 3.75. The number of hydrogen-bond acceptors (Lipinski definition) is 8. The van der Waals surface area contributed by atoms with Crippen LogP contribution in [-0.2, 0) is 14.3 Å². The summed E-state index contributed by atoms with van der Waals surface area (Å²) >= 11 is 0. The van der Waals surface area contributed by atoms with Gasteiger partial charge in [0.25, 0.3) is 0 Å². The van der Waals surface area contributed by atoms with Gasteiger partial charge in [-0.25, -0.2) is 0 Å². The Balaban J connectivity index is 2.24. The second-order valence-electron chi connectivity index (χ2n) is 16.5. The van der Waals surface area contributed by atoms with Gasteiger partial charge in [-0.15, -0.1) is 0 Å². The average molecular weight is 796 g/mol. The van der Waals surface area contributed by atoms with E-state index in [1.165, 1.54) is 154 Å². The number of hydrogen-bond donors (Lipinski definition) is 6. The number of unbranched alkanes of at least 4 members (excludes halogenated alkanes) is 27. The summed E-state index contributed by atoms with van der Waals surface area (Å²) in [4.78, 5) is 12.9. The van der Waals surface area contributed by atoms with Gasteiger partial charge in [0, 0.05) is 6.42 Å². The van der Waals surface area contributed by atoms with Crippen LogP contribution in [0.15, 0.2) is 24.3 Å². The molecule has 330 valence electrons. The van der Waals surface area contributed by atoms with Crippen molar-refractivity contribution < 1.29 is 39.8 Å². The minimum absolute atomic E-state index is 0.178. The monoisotopic (exact) mass is 796 g/mol. The van der Waals surface area contributed by atoms with E-state index in [1.807, 2.05) is 6.08 Å². The molecule has 0 aromatic rings. The lowest BCUT2D eigenvalue weighted by atomic mass is 9.99. The predicted octanol–water partition coefficient (Wildman–Crippen LogP) is 9.89. The van der Waals surface area contributed by atoms with Crippen molar-refractivity contribution in [2.75, 3.05) is 13.2 Å². The van der Waals surface area contributed by atoms with Crippen molar-refractivity contribution in [2.24, 2.45) is 0 Å². The van der Waals surface area contributed by atoms with E-state index in [1.54, 1.807) is 6.08 Å². The molecule has 0 aromatic heterocycles. The summed E-state index contributed by atoms with van der Waals surface area (Å²) in [6, 6.07) is -0.800. The Morgan fingerprint density at radius 3 is 1.45 bits per heavy atom. The number of amides is 1. The molecule has 7 atom stereocenters. The average Bonchev–Trinajstić information content (AvgIpc) is 3.20. The van der Waals surface area contributed by atoms with Crippen LogP contribution in [0.5, 0.6) is 0 Å². The molecule has 0 spiro atoms. The fraction of sp³-hybridized carbons (Fsp3) is 0.894. The van der Waals surface area contributed by atoms with E-state index in [-0.39, 0.29) is 12.5 Å². The Kier molecular flexibility index (Phi) is 35.7. The van der Waals surface area contributed by atoms with Gasteiger partial charge in [-0.3, -0.25) is 4.79 Å². The highest BCUT2D eigenvalue weighted by Gasteiger charge is 2.44. The van der Waals surface area contributed by atoms with Crippen molar-refractivity contribution in [3.8, 4) is 0 Å². The van der Waals surface area contributed by atoms with Gasteiger partial charge < -0.3 is 40.3 Å². The first-order chi connectivity index (χ1) is 27.3. The fourth-order valence-electron chi connectivity index (χ4n) is 7.44. The fourth-order valence-corrected chi connectivity index (χ4v) is 7.44. The molecule has 0 aromatic carbocycles. The van der Waals surface area contributed by atoms with Gasteiger partial charge >= 0.3 is 0 Å². The van der Waals surface area contributed by atoms with Crippen LogP contribution in [-0.4, -0.2) is 87.5 Å². The number of rotatable bonds is 39. The molecule has 1 amide bonds. The van der Waals surface area contributed by atoms with Crippen LogP contribution in [0.25, 0.3) is 0 Å². The maximum Gasteiger partial charge on any atom is 0.220 e. The summed E-state index contributed by atoms with van der Waals surface area (Å²) in [5, 5.41) is 54.1. The van der Waals surface area contributed by atoms with Crippen LogP contribution in [0.4, 0.5) is 0 Å². The zero-order valence-corrected chi connectivity index (χ0v) is 36.1. The summed E-state index contributed by atoms with van der Waals surface area (Å²) in [5.74, 6) is -0.178. The Hall–Kier alpha value is -1.33. The number of carbonyl (C=O) groups excluding carboxylic acids is 1. The van der Waals surface area contributed by atoms with Crippen molar-refractivity contribution in [1.82, 2.24) is 5.32 Å². The second-order valence-corrected chi connectivity index (χ2v) is 16.5. The Morgan fingerprint density at radius 2 is 1.00 bits per heavy atom. The van der Waals surface area contributed by atoms with E-state index in [0.29, 0.717) is 6.42 Å². The number of aliphatic hydroxyl groups excluding tert-OH is 5. The van der Waals surface area contributed by atoms with Crippen molar-refractivity contribution in [3.63, 3.8) is 0 Å². The van der Waals surface area contributed by atoms with Gasteiger partial charge in [0.1, 0.15) is 24.4 Å². The van der Waals surface area contributed by atoms with Crippen LogP contribution >= 0.6 is 0 Å². The molecule has 0 bridgehead atoms. The Bertz CT molecular complexity index is 930. The normalized spacial score (nSPS) is 21.3. The predicted molar refractivity (Wildman–Crippen MR) is 230 cm³/mol. The molecule has 0 aliphatic carbocycles. The van der Waals surface area contributed by atoms with Crippen LogP contribution in [0.1, 0.15) is 213 Å². The van der Waals surface area contributed by atoms with E-state index in [4.69, 9.17) is 9.47 Å². The first-order valence-electron chi connectivity index (χ1n) is 23.6. The van der Waals surface area contributed by atoms with Crippen molar-refractivity contribution in [1.29, 1.82) is 0 Å². The van der Waals surface area contributed by atoms with Crippen LogP contribution in [0.2, 0.25) is 0 Å². The maximum atomic E-state index is 12.9. The van der Waals surface area contributed by atoms with Crippen LogP contribution in [0, 0.1) is 0 Å². The summed E-state index contributed by atoms with van der Waals surface area (Å²) in [6.07, 6.45) is 38.0. The lowest BCUT2D eigenvalue weighted by molar-refractivity contribution is -0.302. The largest absolute Gasteiger partial charge is 0.394 e. The van der Waals surface area contributed by atoms with Crippen molar-refractivity contribution in [3.05, 3.63) is 24.3 Å². The minimum Gasteiger partial charge on any atom is -0.394 e. The highest BCUT2D eigenvalue weighted by Crippen LogP contribution is 2.23. The molecular weight excluding hydrogens is 707 g/mol. The molecule has 1 saturated heterocycles. The van der Waals surface area contributed by atoms with Crippen LogP contribution in [0.3, 0.4) is 0 Å². The third kappa shape index (κ3) is 28.2. The molecule has 1 rings (SSSR count). The summed E-state index contributed by atoms with van der Waals surface area (Å²) in [7, 11) is 0. The Morgan fingerprint density at radius 1 is 0.589 bits per heavy atom. The molecule has 0 saturated carbocycles. The summed E-state index contributed by atoms with van der Waals surface area (Å²) < 4.78 is 11.2. The van der Waals surface area contributed by atoms with Gasteiger partial charge in [0.05, 0.1) is 25.4 Å². The zero-order chi connectivity index (χ0) is 40.9. The first-order valence-corrected chi connectivity index (χ1v) is 23.6. The van der Waals surface area contributed by atoms with Gasteiger partial charge in [-0.05, 0) is 44.9 Å². The zero-order valence-electron chi connectivity index (χ0n) is 36.1. The lowest BCUT2D eigenvalue weighted by Crippen LogP contribution is -2.60. The quantitative estimate of drug-likeness (QED) is 0.0266. The number of nitrogens with one attached hydrogen (secondary N) is 1. The highest BCUT2D eigenvalue weighted by molar-refractivity contribution is 5.76. The molecule has 1 aliphatic heterocycles. The molecule has 9 heteroatoms. The SMILES string of the molecule is CCCCCCCC/C=C/CCCCCCCCCCCCCCCC(=O)N[C@@H](CO[C@H]1O[C@@H](CO)[C@H](O)C(O)C1O)[C@H](O)/C=C/CCCCCCCCCC. The maximum absolute atomic E-state index is 12.9. The minimum atomic E-state index is -1.56. The third-order valence-electron chi connectivity index (χ3n) is 11.3. The molecule has 0 radical (unpaired) electrons. The summed E-state index contributed by atoms with van der Waals surface area (Å²) in [5.41, 5.74) is 0. The molecule has 1 fully saturated rings. The first kappa shape index (κ1) is 52.7. The van der Waals surface area contributed by atoms with E-state index < -0.39 is 49.5 Å². The number of aliphatic hydroxyl groups is 5. The van der Waals surface area contributed by atoms with Gasteiger partial charge in [-0.1, -0.05) is 186 Å². The number of carbonyl (C=O) groups is 1. The standard InChI is InChI=1S/C47H89NO8/c1-3-5-7-9-11-13-15-16-17-18-19-20-21-22-23-24-25-26-27-29-31-33-35-37-43(51)48-40(39-55-47-46(54)45(53)44(52)42(38-49)56-47)41(50)36-34-32-30-28-14-12-10-8-6-4-2/h16-17,34,36,40-42,44-47,49-50,52-54H,3-15,18-33,35,37-39H2,1-2H3,(H,48,51)/b17-16+,36-34+/t40-,41+,42-,44-,45?,46?,47-/m0/s1. The lowest BCUT2D eigenvalue weighted by Gasteiger charge is -2.40. The van der Waals surface area contributed by atoms with Gasteiger partial charge in [0.2, 0.25) is 5.91 Å². The van der Waals surface area contributed by atoms with E-state index in [9.17, 15) is 30.3 Å². The van der Waals surface area contributed by atoms with E-state index >= 15 is 0 Å². The number of ether oxygens (including phenoxy) is 2. The smallest absolute Gasteiger partial charge is 0.220 e. The molecule has 9 nitrogen and oxygen atoms in total. The van der Waals surface area contributed by atoms with E-state index in [0.717, 1.165) is 38.5 Å². The third-order valence-corrected chi connectivity index (χ3v) is 11.3. The number of allylic oxidation sites excluding steroid dienone is 3. The molecular formula is C47H89NO8. The Labute approximate surface area is 343 Å². The topological polar surface area (TPSA) is 149 Å². The molecule has 1 heterocycles. The highest BCUT2D eigenvalue weighted by atomic mass is 16.7. The molecule has 6 N–H and O–H groups in total. The van der Waals surface area contributed by atoms with Crippen LogP contribution < -0.4 is 5.32 Å². The van der Waals surface area contributed by atoms with Crippen molar-refractivity contribution >= 4 is 5.91 Å². The van der Waals surface area contributed by atoms with Crippen molar-refractivity contribution in [2.45, 2.75) is 256 Å². The molecule has 56 heavy (non-hydrogen) atoms. The van der Waals surface area contributed by atoms with Gasteiger partial charge in [0.15, 0.2) is 6.29 Å². The van der Waals surface area contributed by atoms with E-state index in [2.05, 4.69) is 31.3 Å². The molecule has 2 unspecified atom stereocenters. The molecule has 1 aliphatic rings.